The molecule has 3 aromatic heterocycles. The number of nitrogens with one attached hydrogen (secondary N) is 3. The molecule has 5 aromatic rings. The van der Waals surface area contributed by atoms with Crippen LogP contribution in [0.2, 0.25) is 0 Å². The highest BCUT2D eigenvalue weighted by Gasteiger charge is 2.12. The summed E-state index contributed by atoms with van der Waals surface area (Å²) in [6.45, 7) is 1.62. The Bertz CT molecular complexity index is 1430. The molecule has 6 rings (SSSR count). The van der Waals surface area contributed by atoms with Gasteiger partial charge in [-0.3, -0.25) is 9.78 Å². The molecule has 31 heavy (non-hydrogen) atoms. The molecule has 5 N–H and O–H groups in total. The van der Waals surface area contributed by atoms with E-state index in [4.69, 9.17) is 5.73 Å². The number of imidazole rings is 1. The van der Waals surface area contributed by atoms with Gasteiger partial charge in [-0.1, -0.05) is 36.4 Å². The number of hydrogen-bond acceptors (Lipinski definition) is 6. The summed E-state index contributed by atoms with van der Waals surface area (Å²) in [5, 5.41) is 2.92. The fraction of sp³-hybridized carbons (Fsp3) is 0.136. The van der Waals surface area contributed by atoms with Gasteiger partial charge in [-0.05, 0) is 41.7 Å². The van der Waals surface area contributed by atoms with Crippen LogP contribution in [0.3, 0.4) is 0 Å². The van der Waals surface area contributed by atoms with Crippen LogP contribution < -0.4 is 17.0 Å². The summed E-state index contributed by atoms with van der Waals surface area (Å²) in [7, 11) is 0. The third-order valence-corrected chi connectivity index (χ3v) is 5.00. The van der Waals surface area contributed by atoms with E-state index in [9.17, 15) is 9.59 Å². The Labute approximate surface area is 176 Å². The molecule has 1 aliphatic carbocycles. The van der Waals surface area contributed by atoms with Crippen LogP contribution in [0, 0.1) is 6.92 Å². The fourth-order valence-corrected chi connectivity index (χ4v) is 3.45. The van der Waals surface area contributed by atoms with Gasteiger partial charge in [-0.25, -0.2) is 19.7 Å². The second-order valence-corrected chi connectivity index (χ2v) is 7.05. The maximum atomic E-state index is 10.6. The Balaban J connectivity index is 0.000000114. The van der Waals surface area contributed by atoms with Gasteiger partial charge in [0.1, 0.15) is 11.8 Å². The molecule has 0 atom stereocenters. The smallest absolute Gasteiger partial charge is 0.325 e. The molecule has 9 nitrogen and oxygen atoms in total. The van der Waals surface area contributed by atoms with Crippen LogP contribution in [-0.2, 0) is 12.8 Å². The van der Waals surface area contributed by atoms with Crippen molar-refractivity contribution in [2.75, 3.05) is 5.73 Å². The summed E-state index contributed by atoms with van der Waals surface area (Å²) in [6, 6.07) is 13.2. The lowest BCUT2D eigenvalue weighted by Gasteiger charge is -1.99. The van der Waals surface area contributed by atoms with Crippen molar-refractivity contribution in [1.29, 1.82) is 0 Å². The largest absolute Gasteiger partial charge is 0.382 e. The van der Waals surface area contributed by atoms with E-state index in [1.165, 1.54) is 53.6 Å². The maximum absolute atomic E-state index is 10.6. The molecule has 0 saturated heterocycles. The number of nitrogens with zero attached hydrogens (tertiary/aromatic N) is 3. The van der Waals surface area contributed by atoms with Crippen LogP contribution in [0.5, 0.6) is 0 Å². The van der Waals surface area contributed by atoms with Gasteiger partial charge in [0.15, 0.2) is 11.5 Å². The van der Waals surface area contributed by atoms with Gasteiger partial charge in [0.2, 0.25) is 0 Å². The molecule has 0 radical (unpaired) electrons. The summed E-state index contributed by atoms with van der Waals surface area (Å²) in [6.07, 6.45) is 6.77. The van der Waals surface area contributed by atoms with E-state index in [1.807, 2.05) is 0 Å². The normalized spacial score (nSPS) is 11.5. The first-order chi connectivity index (χ1) is 15.0. The Morgan fingerprint density at radius 2 is 1.65 bits per heavy atom. The number of aryl methyl sites for hydroxylation is 3. The van der Waals surface area contributed by atoms with Crippen molar-refractivity contribution < 1.29 is 0 Å². The highest BCUT2D eigenvalue weighted by Crippen LogP contribution is 2.29. The van der Waals surface area contributed by atoms with Crippen molar-refractivity contribution in [3.63, 3.8) is 0 Å². The minimum absolute atomic E-state index is 0.334. The maximum Gasteiger partial charge on any atom is 0.325 e. The number of fused-ring (bicyclic) bond motifs is 1. The highest BCUT2D eigenvalue weighted by molar-refractivity contribution is 5.90. The lowest BCUT2D eigenvalue weighted by atomic mass is 10.1. The second-order valence-electron chi connectivity index (χ2n) is 7.05. The Morgan fingerprint density at radius 1 is 0.935 bits per heavy atom. The minimum Gasteiger partial charge on any atom is -0.382 e. The predicted octanol–water partition coefficient (Wildman–Crippen LogP) is 2.25. The fourth-order valence-electron chi connectivity index (χ4n) is 3.45. The molecule has 156 valence electrons. The molecule has 3 heterocycles. The van der Waals surface area contributed by atoms with Gasteiger partial charge < -0.3 is 15.7 Å². The van der Waals surface area contributed by atoms with E-state index in [0.29, 0.717) is 22.5 Å². The monoisotopic (exact) mass is 415 g/mol. The number of nitrogen functional groups attached to an aromatic ring is 1. The van der Waals surface area contributed by atoms with E-state index in [1.54, 1.807) is 6.92 Å². The average molecular weight is 415 g/mol. The van der Waals surface area contributed by atoms with E-state index in [-0.39, 0.29) is 5.56 Å². The first-order valence-electron chi connectivity index (χ1n) is 9.70. The molecule has 0 spiro atoms. The van der Waals surface area contributed by atoms with Crippen LogP contribution in [0.4, 0.5) is 5.82 Å². The van der Waals surface area contributed by atoms with Crippen LogP contribution in [0.25, 0.3) is 21.9 Å². The molecule has 2 aromatic carbocycles. The zero-order valence-electron chi connectivity index (χ0n) is 16.8. The summed E-state index contributed by atoms with van der Waals surface area (Å²) >= 11 is 0. The van der Waals surface area contributed by atoms with E-state index in [2.05, 4.69) is 66.3 Å². The van der Waals surface area contributed by atoms with E-state index < -0.39 is 5.69 Å². The molecular weight excluding hydrogens is 394 g/mol. The van der Waals surface area contributed by atoms with Crippen LogP contribution in [-0.4, -0.2) is 29.9 Å². The number of aromatic nitrogens is 6. The van der Waals surface area contributed by atoms with Crippen molar-refractivity contribution >= 4 is 27.8 Å². The summed E-state index contributed by atoms with van der Waals surface area (Å²) < 4.78 is 0. The number of H-pyrrole nitrogens is 3. The summed E-state index contributed by atoms with van der Waals surface area (Å²) in [5.41, 5.74) is 9.55. The molecule has 0 aliphatic heterocycles. The van der Waals surface area contributed by atoms with Gasteiger partial charge in [0.05, 0.1) is 6.33 Å². The Kier molecular flexibility index (Phi) is 5.57. The van der Waals surface area contributed by atoms with Crippen LogP contribution in [0.15, 0.2) is 64.8 Å². The van der Waals surface area contributed by atoms with Crippen molar-refractivity contribution in [3.05, 3.63) is 92.8 Å². The van der Waals surface area contributed by atoms with Crippen LogP contribution in [0.1, 0.15) is 16.7 Å². The third kappa shape index (κ3) is 4.35. The predicted molar refractivity (Wildman–Crippen MR) is 120 cm³/mol. The SMILES string of the molecule is Cc1c[nH]c(=O)[nH]c1=O.Nc1ncnc2nc[nH]c12.c1cc2c3c(cccc3c1)CC2. The van der Waals surface area contributed by atoms with Crippen LogP contribution >= 0.6 is 0 Å². The van der Waals surface area contributed by atoms with Gasteiger partial charge in [-0.2, -0.15) is 0 Å². The number of anilines is 1. The molecule has 0 amide bonds. The van der Waals surface area contributed by atoms with E-state index in [0.717, 1.165) is 0 Å². The molecule has 9 heteroatoms. The minimum atomic E-state index is -0.467. The third-order valence-electron chi connectivity index (χ3n) is 5.00. The average Bonchev–Trinajstić information content (AvgIpc) is 3.42. The number of aromatic amines is 3. The molecule has 0 fully saturated rings. The zero-order chi connectivity index (χ0) is 21.8. The molecule has 0 unspecified atom stereocenters. The highest BCUT2D eigenvalue weighted by atomic mass is 16.2. The van der Waals surface area contributed by atoms with Gasteiger partial charge in [0, 0.05) is 11.8 Å². The first kappa shape index (κ1) is 20.0. The number of hydrogen-bond donors (Lipinski definition) is 4. The lowest BCUT2D eigenvalue weighted by Crippen LogP contribution is -2.22. The summed E-state index contributed by atoms with van der Waals surface area (Å²) in [4.78, 5) is 39.7. The summed E-state index contributed by atoms with van der Waals surface area (Å²) in [5.74, 6) is 0.433. The van der Waals surface area contributed by atoms with E-state index >= 15 is 0 Å². The molecule has 1 aliphatic rings. The van der Waals surface area contributed by atoms with Gasteiger partial charge in [0.25, 0.3) is 5.56 Å². The standard InChI is InChI=1S/C12H10.C5H5N5.C5H6N2O2/c1-3-9-4-2-6-11-8-7-10(5-1)12(9)11;6-4-3-5(9-1-7-3)10-2-8-4;1-3-2-6-5(9)7-4(3)8/h1-6H,7-8H2;1-2H,(H3,6,7,8,9,10);2H,1H3,(H2,6,7,8,9). The quantitative estimate of drug-likeness (QED) is 0.305. The molecular formula is C22H21N7O2. The second kappa shape index (κ2) is 8.62. The lowest BCUT2D eigenvalue weighted by molar-refractivity contribution is 1.01. The van der Waals surface area contributed by atoms with Gasteiger partial charge in [-0.15, -0.1) is 0 Å². The molecule has 0 saturated carbocycles. The molecule has 0 bridgehead atoms. The number of rotatable bonds is 0. The van der Waals surface area contributed by atoms with Crippen molar-refractivity contribution in [1.82, 2.24) is 29.9 Å². The van der Waals surface area contributed by atoms with Crippen molar-refractivity contribution in [2.24, 2.45) is 0 Å². The zero-order valence-corrected chi connectivity index (χ0v) is 16.8. The van der Waals surface area contributed by atoms with Crippen molar-refractivity contribution in [3.8, 4) is 0 Å². The Morgan fingerprint density at radius 3 is 2.26 bits per heavy atom. The Hall–Kier alpha value is -4.27. The van der Waals surface area contributed by atoms with Gasteiger partial charge >= 0.3 is 5.69 Å². The van der Waals surface area contributed by atoms with Crippen molar-refractivity contribution in [2.45, 2.75) is 19.8 Å². The number of benzene rings is 2. The number of nitrogens with two attached hydrogens (primary N) is 1. The topological polar surface area (TPSA) is 146 Å². The first-order valence-corrected chi connectivity index (χ1v) is 9.70.